The molecule has 2 aliphatic heterocycles. The minimum Gasteiger partial charge on any atom is -0.394 e. The van der Waals surface area contributed by atoms with Gasteiger partial charge < -0.3 is 15.3 Å². The Morgan fingerprint density at radius 3 is 2.71 bits per heavy atom. The maximum atomic E-state index is 12.2. The van der Waals surface area contributed by atoms with E-state index in [-0.39, 0.29) is 18.6 Å². The van der Waals surface area contributed by atoms with Gasteiger partial charge in [-0.05, 0) is 51.1 Å². The van der Waals surface area contributed by atoms with Gasteiger partial charge in [0.05, 0.1) is 12.6 Å². The molecule has 2 N–H and O–H groups in total. The summed E-state index contributed by atoms with van der Waals surface area (Å²) < 4.78 is 0. The highest BCUT2D eigenvalue weighted by Gasteiger charge is 2.27. The molecule has 0 bridgehead atoms. The number of likely N-dealkylation sites (tertiary alicyclic amines) is 1. The number of nitrogens with zero attached hydrogens (tertiary/aromatic N) is 1. The molecule has 2 aliphatic rings. The predicted octanol–water partition coefficient (Wildman–Crippen LogP) is 0.749. The fraction of sp³-hybridized carbons (Fsp3) is 0.923. The molecule has 98 valence electrons. The first-order chi connectivity index (χ1) is 8.31. The van der Waals surface area contributed by atoms with Crippen LogP contribution in [-0.4, -0.2) is 48.2 Å². The maximum absolute atomic E-state index is 12.2. The van der Waals surface area contributed by atoms with Gasteiger partial charge in [0, 0.05) is 13.0 Å². The first-order valence-corrected chi connectivity index (χ1v) is 6.92. The van der Waals surface area contributed by atoms with E-state index in [0.717, 1.165) is 51.7 Å². The second-order valence-corrected chi connectivity index (χ2v) is 5.32. The number of piperidine rings is 2. The van der Waals surface area contributed by atoms with Crippen molar-refractivity contribution in [1.82, 2.24) is 10.2 Å². The van der Waals surface area contributed by atoms with Gasteiger partial charge in [0.15, 0.2) is 0 Å². The van der Waals surface area contributed by atoms with Gasteiger partial charge in [-0.3, -0.25) is 4.79 Å². The van der Waals surface area contributed by atoms with Gasteiger partial charge in [0.1, 0.15) is 0 Å². The van der Waals surface area contributed by atoms with Crippen LogP contribution in [0.4, 0.5) is 0 Å². The lowest BCUT2D eigenvalue weighted by molar-refractivity contribution is -0.137. The molecule has 2 fully saturated rings. The lowest BCUT2D eigenvalue weighted by Crippen LogP contribution is -2.46. The van der Waals surface area contributed by atoms with E-state index in [0.29, 0.717) is 12.3 Å². The van der Waals surface area contributed by atoms with E-state index >= 15 is 0 Å². The van der Waals surface area contributed by atoms with Crippen LogP contribution in [0.15, 0.2) is 0 Å². The van der Waals surface area contributed by atoms with Gasteiger partial charge in [-0.1, -0.05) is 0 Å². The third-order valence-corrected chi connectivity index (χ3v) is 4.08. The van der Waals surface area contributed by atoms with Crippen molar-refractivity contribution in [1.29, 1.82) is 0 Å². The molecule has 2 saturated heterocycles. The lowest BCUT2D eigenvalue weighted by atomic mass is 9.93. The molecule has 1 atom stereocenters. The van der Waals surface area contributed by atoms with Gasteiger partial charge in [-0.25, -0.2) is 0 Å². The topological polar surface area (TPSA) is 52.6 Å². The zero-order valence-corrected chi connectivity index (χ0v) is 10.5. The van der Waals surface area contributed by atoms with E-state index < -0.39 is 0 Å². The summed E-state index contributed by atoms with van der Waals surface area (Å²) >= 11 is 0. The fourth-order valence-electron chi connectivity index (χ4n) is 2.97. The molecule has 1 amide bonds. The summed E-state index contributed by atoms with van der Waals surface area (Å²) in [5, 5.41) is 12.6. The highest BCUT2D eigenvalue weighted by Crippen LogP contribution is 2.22. The van der Waals surface area contributed by atoms with Crippen LogP contribution in [0.25, 0.3) is 0 Å². The summed E-state index contributed by atoms with van der Waals surface area (Å²) in [5.74, 6) is 0.806. The Hall–Kier alpha value is -0.610. The summed E-state index contributed by atoms with van der Waals surface area (Å²) in [4.78, 5) is 14.2. The van der Waals surface area contributed by atoms with Crippen molar-refractivity contribution in [3.8, 4) is 0 Å². The average Bonchev–Trinajstić information content (AvgIpc) is 2.40. The van der Waals surface area contributed by atoms with Crippen LogP contribution in [0.1, 0.15) is 38.5 Å². The van der Waals surface area contributed by atoms with Crippen molar-refractivity contribution in [3.05, 3.63) is 0 Å². The Bertz CT molecular complexity index is 252. The number of aliphatic hydroxyl groups is 1. The molecule has 0 aliphatic carbocycles. The zero-order chi connectivity index (χ0) is 12.1. The molecular formula is C13H24N2O2. The predicted molar refractivity (Wildman–Crippen MR) is 66.6 cm³/mol. The number of hydrogen-bond acceptors (Lipinski definition) is 3. The molecule has 0 spiro atoms. The number of carbonyl (C=O) groups is 1. The van der Waals surface area contributed by atoms with Crippen LogP contribution in [0.3, 0.4) is 0 Å². The first-order valence-electron chi connectivity index (χ1n) is 6.92. The molecule has 2 rings (SSSR count). The molecule has 17 heavy (non-hydrogen) atoms. The molecule has 0 unspecified atom stereocenters. The van der Waals surface area contributed by atoms with E-state index in [1.165, 1.54) is 0 Å². The van der Waals surface area contributed by atoms with Gasteiger partial charge >= 0.3 is 0 Å². The van der Waals surface area contributed by atoms with Crippen LogP contribution in [0.5, 0.6) is 0 Å². The molecule has 0 saturated carbocycles. The molecule has 0 aromatic rings. The fourth-order valence-corrected chi connectivity index (χ4v) is 2.97. The molecule has 0 radical (unpaired) electrons. The molecule has 4 heteroatoms. The molecule has 2 heterocycles. The van der Waals surface area contributed by atoms with Crippen molar-refractivity contribution in [2.75, 3.05) is 26.2 Å². The van der Waals surface area contributed by atoms with E-state index in [9.17, 15) is 9.90 Å². The average molecular weight is 240 g/mol. The number of aliphatic hydroxyl groups excluding tert-OH is 1. The Kier molecular flexibility index (Phi) is 4.80. The number of hydrogen-bond donors (Lipinski definition) is 2. The summed E-state index contributed by atoms with van der Waals surface area (Å²) in [7, 11) is 0. The van der Waals surface area contributed by atoms with E-state index in [1.807, 2.05) is 4.90 Å². The largest absolute Gasteiger partial charge is 0.394 e. The monoisotopic (exact) mass is 240 g/mol. The van der Waals surface area contributed by atoms with Gasteiger partial charge in [0.25, 0.3) is 0 Å². The quantitative estimate of drug-likeness (QED) is 0.765. The van der Waals surface area contributed by atoms with Gasteiger partial charge in [0.2, 0.25) is 5.91 Å². The number of amides is 1. The van der Waals surface area contributed by atoms with Crippen LogP contribution in [0.2, 0.25) is 0 Å². The Labute approximate surface area is 103 Å². The third kappa shape index (κ3) is 3.42. The van der Waals surface area contributed by atoms with Crippen molar-refractivity contribution < 1.29 is 9.90 Å². The lowest BCUT2D eigenvalue weighted by Gasteiger charge is -2.36. The SMILES string of the molecule is O=C(CC1CCNCC1)N1CCCC[C@H]1CO. The van der Waals surface area contributed by atoms with Crippen LogP contribution in [-0.2, 0) is 4.79 Å². The van der Waals surface area contributed by atoms with Crippen LogP contribution < -0.4 is 5.32 Å². The highest BCUT2D eigenvalue weighted by atomic mass is 16.3. The van der Waals surface area contributed by atoms with Crippen molar-refractivity contribution in [2.24, 2.45) is 5.92 Å². The van der Waals surface area contributed by atoms with Crippen LogP contribution in [0, 0.1) is 5.92 Å². The standard InChI is InChI=1S/C13H24N2O2/c16-10-12-3-1-2-8-15(12)13(17)9-11-4-6-14-7-5-11/h11-12,14,16H,1-10H2/t12-/m0/s1. The normalized spacial score (nSPS) is 27.1. The van der Waals surface area contributed by atoms with Gasteiger partial charge in [-0.15, -0.1) is 0 Å². The van der Waals surface area contributed by atoms with E-state index in [4.69, 9.17) is 0 Å². The minimum absolute atomic E-state index is 0.0814. The van der Waals surface area contributed by atoms with Gasteiger partial charge in [-0.2, -0.15) is 0 Å². The highest BCUT2D eigenvalue weighted by molar-refractivity contribution is 5.77. The first kappa shape index (κ1) is 12.8. The second-order valence-electron chi connectivity index (χ2n) is 5.32. The Morgan fingerprint density at radius 1 is 1.24 bits per heavy atom. The Morgan fingerprint density at radius 2 is 2.00 bits per heavy atom. The summed E-state index contributed by atoms with van der Waals surface area (Å²) in [6.45, 7) is 3.05. The van der Waals surface area contributed by atoms with Crippen molar-refractivity contribution in [2.45, 2.75) is 44.6 Å². The second kappa shape index (κ2) is 6.36. The molecule has 0 aromatic carbocycles. The van der Waals surface area contributed by atoms with E-state index in [2.05, 4.69) is 5.32 Å². The smallest absolute Gasteiger partial charge is 0.223 e. The van der Waals surface area contributed by atoms with Crippen molar-refractivity contribution >= 4 is 5.91 Å². The summed E-state index contributed by atoms with van der Waals surface area (Å²) in [6, 6.07) is 0.0814. The molecular weight excluding hydrogens is 216 g/mol. The summed E-state index contributed by atoms with van der Waals surface area (Å²) in [6.07, 6.45) is 6.11. The Balaban J connectivity index is 1.84. The molecule has 4 nitrogen and oxygen atoms in total. The maximum Gasteiger partial charge on any atom is 0.223 e. The van der Waals surface area contributed by atoms with E-state index in [1.54, 1.807) is 0 Å². The zero-order valence-electron chi connectivity index (χ0n) is 10.5. The number of carbonyl (C=O) groups excluding carboxylic acids is 1. The molecule has 0 aromatic heterocycles. The van der Waals surface area contributed by atoms with Crippen molar-refractivity contribution in [3.63, 3.8) is 0 Å². The summed E-state index contributed by atoms with van der Waals surface area (Å²) in [5.41, 5.74) is 0. The number of rotatable bonds is 3. The van der Waals surface area contributed by atoms with Crippen LogP contribution >= 0.6 is 0 Å². The third-order valence-electron chi connectivity index (χ3n) is 4.08. The minimum atomic E-state index is 0.0814. The number of nitrogens with one attached hydrogen (secondary N) is 1.